The first-order valence-electron chi connectivity index (χ1n) is 9.43. The van der Waals surface area contributed by atoms with Crippen molar-refractivity contribution in [2.75, 3.05) is 37.5 Å². The topological polar surface area (TPSA) is 87.5 Å². The number of aliphatic imine (C=N–C) groups is 1. The number of hydrogen-bond donors (Lipinski definition) is 2. The molecule has 3 rings (SSSR count). The van der Waals surface area contributed by atoms with Gasteiger partial charge >= 0.3 is 0 Å². The summed E-state index contributed by atoms with van der Waals surface area (Å²) in [4.78, 5) is 18.3. The van der Waals surface area contributed by atoms with Gasteiger partial charge in [0, 0.05) is 46.2 Å². The molecular formula is C20H26IN5O3. The first kappa shape index (κ1) is 21.3. The molecule has 0 aromatic heterocycles. The Kier molecular flexibility index (Phi) is 7.24. The summed E-state index contributed by atoms with van der Waals surface area (Å²) in [6, 6.07) is 3.90. The lowest BCUT2D eigenvalue weighted by Crippen LogP contribution is -2.44. The summed E-state index contributed by atoms with van der Waals surface area (Å²) in [6.07, 6.45) is 5.01. The standard InChI is InChI=1S/C20H26IN5O3/c1-5-8-18(27)22-9-6-7-10-23-19-20-25-21-13(2)26(20)15-12-17(29-4)16(28-3)11-14(15)24-19/h5,8,11-12H,6-7,9-10H2,1-4H3,(H,22,27)(H,23,24)/b8-5+. The van der Waals surface area contributed by atoms with E-state index in [-0.39, 0.29) is 5.91 Å². The Labute approximate surface area is 181 Å². The first-order chi connectivity index (χ1) is 14.1. The summed E-state index contributed by atoms with van der Waals surface area (Å²) in [7, 11) is 3.26. The van der Waals surface area contributed by atoms with Gasteiger partial charge in [0.25, 0.3) is 0 Å². The molecule has 2 aliphatic rings. The van der Waals surface area contributed by atoms with E-state index >= 15 is 0 Å². The fourth-order valence-corrected chi connectivity index (χ4v) is 4.77. The van der Waals surface area contributed by atoms with Crippen LogP contribution in [0.2, 0.25) is 0 Å². The van der Waals surface area contributed by atoms with E-state index < -0.39 is 21.0 Å². The van der Waals surface area contributed by atoms with E-state index in [1.54, 1.807) is 20.3 Å². The number of methoxy groups -OCH3 is 2. The fraction of sp³-hybridized carbons (Fsp3) is 0.400. The van der Waals surface area contributed by atoms with Crippen LogP contribution in [-0.2, 0) is 4.79 Å². The molecule has 1 aromatic rings. The van der Waals surface area contributed by atoms with E-state index in [1.807, 2.05) is 19.1 Å². The summed E-state index contributed by atoms with van der Waals surface area (Å²) in [6.45, 7) is 5.25. The van der Waals surface area contributed by atoms with Gasteiger partial charge in [-0.15, -0.1) is 0 Å². The molecule has 0 bridgehead atoms. The average molecular weight is 511 g/mol. The average Bonchev–Trinajstić information content (AvgIpc) is 3.11. The number of amidine groups is 2. The number of carbonyl (C=O) groups is 1. The molecule has 0 unspecified atom stereocenters. The number of benzene rings is 1. The molecule has 1 amide bonds. The molecule has 0 saturated carbocycles. The minimum absolute atomic E-state index is 0.0559. The molecule has 29 heavy (non-hydrogen) atoms. The van der Waals surface area contributed by atoms with Gasteiger partial charge in [0.15, 0.2) is 23.2 Å². The molecule has 0 atom stereocenters. The van der Waals surface area contributed by atoms with Gasteiger partial charge in [0.05, 0.1) is 29.2 Å². The van der Waals surface area contributed by atoms with Crippen LogP contribution in [0.1, 0.15) is 26.7 Å². The van der Waals surface area contributed by atoms with Crippen LogP contribution in [0, 0.1) is 0 Å². The SMILES string of the molecule is C/C=C/C(=O)NCCCCN=C1Nc2cc(OC)c(OC)cc2N2C1=NI=C2C. The smallest absolute Gasteiger partial charge is 0.243 e. The molecule has 0 radical (unpaired) electrons. The van der Waals surface area contributed by atoms with Crippen molar-refractivity contribution in [3.8, 4) is 11.5 Å². The second kappa shape index (κ2) is 9.86. The van der Waals surface area contributed by atoms with Crippen LogP contribution >= 0.6 is 21.0 Å². The second-order valence-electron chi connectivity index (χ2n) is 6.40. The Morgan fingerprint density at radius 2 is 2.07 bits per heavy atom. The highest BCUT2D eigenvalue weighted by molar-refractivity contribution is 14.2. The maximum absolute atomic E-state index is 11.4. The van der Waals surface area contributed by atoms with Crippen LogP contribution < -0.4 is 25.0 Å². The summed E-state index contributed by atoms with van der Waals surface area (Å²) in [5.41, 5.74) is 1.92. The van der Waals surface area contributed by atoms with E-state index in [1.165, 1.54) is 9.71 Å². The molecule has 0 aliphatic carbocycles. The molecule has 1 aromatic carbocycles. The number of allylic oxidation sites excluding steroid dienone is 1. The Morgan fingerprint density at radius 1 is 1.31 bits per heavy atom. The molecular weight excluding hydrogens is 485 g/mol. The Bertz CT molecular complexity index is 908. The molecule has 156 valence electrons. The van der Waals surface area contributed by atoms with Gasteiger partial charge in [-0.05, 0) is 32.8 Å². The summed E-state index contributed by atoms with van der Waals surface area (Å²) >= 11 is -0.406. The number of amides is 1. The van der Waals surface area contributed by atoms with E-state index in [2.05, 4.69) is 22.5 Å². The number of rotatable bonds is 8. The number of halogens is 1. The Morgan fingerprint density at radius 3 is 2.79 bits per heavy atom. The zero-order chi connectivity index (χ0) is 20.8. The number of nitrogens with one attached hydrogen (secondary N) is 2. The maximum Gasteiger partial charge on any atom is 0.243 e. The van der Waals surface area contributed by atoms with Gasteiger partial charge in [-0.25, -0.2) is 0 Å². The normalized spacial score (nSPS) is 16.4. The van der Waals surface area contributed by atoms with Crippen molar-refractivity contribution in [2.24, 2.45) is 8.20 Å². The van der Waals surface area contributed by atoms with Gasteiger partial charge in [-0.3, -0.25) is 14.7 Å². The zero-order valence-corrected chi connectivity index (χ0v) is 19.2. The molecule has 2 aliphatic heterocycles. The van der Waals surface area contributed by atoms with Gasteiger partial charge < -0.3 is 20.1 Å². The molecule has 8 nitrogen and oxygen atoms in total. The largest absolute Gasteiger partial charge is 0.493 e. The predicted octanol–water partition coefficient (Wildman–Crippen LogP) is 3.25. The molecule has 0 saturated heterocycles. The Hall–Kier alpha value is -2.43. The number of fused-ring (bicyclic) bond motifs is 3. The van der Waals surface area contributed by atoms with Crippen LogP contribution in [0.25, 0.3) is 0 Å². The van der Waals surface area contributed by atoms with Gasteiger partial charge in [0.2, 0.25) is 5.91 Å². The van der Waals surface area contributed by atoms with Crippen molar-refractivity contribution in [1.29, 1.82) is 0 Å². The van der Waals surface area contributed by atoms with Gasteiger partial charge in [-0.1, -0.05) is 6.08 Å². The van der Waals surface area contributed by atoms with Crippen LogP contribution in [0.5, 0.6) is 11.5 Å². The number of unbranched alkanes of at least 4 members (excludes halogenated alkanes) is 1. The summed E-state index contributed by atoms with van der Waals surface area (Å²) in [5, 5.41) is 6.26. The third kappa shape index (κ3) is 4.77. The van der Waals surface area contributed by atoms with E-state index in [0.29, 0.717) is 24.6 Å². The zero-order valence-electron chi connectivity index (χ0n) is 17.1. The molecule has 2 N–H and O–H groups in total. The lowest BCUT2D eigenvalue weighted by atomic mass is 10.1. The van der Waals surface area contributed by atoms with E-state index in [0.717, 1.165) is 35.9 Å². The van der Waals surface area contributed by atoms with Gasteiger partial charge in [0.1, 0.15) is 0 Å². The minimum atomic E-state index is -0.406. The van der Waals surface area contributed by atoms with Crippen molar-refractivity contribution < 1.29 is 14.3 Å². The highest BCUT2D eigenvalue weighted by atomic mass is 127. The monoisotopic (exact) mass is 511 g/mol. The van der Waals surface area contributed by atoms with Crippen molar-refractivity contribution in [2.45, 2.75) is 26.7 Å². The number of ether oxygens (including phenoxy) is 2. The fourth-order valence-electron chi connectivity index (χ4n) is 3.05. The highest BCUT2D eigenvalue weighted by Crippen LogP contribution is 2.42. The molecule has 2 heterocycles. The predicted molar refractivity (Wildman–Crippen MR) is 127 cm³/mol. The Balaban J connectivity index is 1.71. The first-order valence-corrected chi connectivity index (χ1v) is 11.5. The van der Waals surface area contributed by atoms with Crippen LogP contribution in [-0.4, -0.2) is 48.5 Å². The van der Waals surface area contributed by atoms with Crippen molar-refractivity contribution in [3.63, 3.8) is 0 Å². The van der Waals surface area contributed by atoms with Crippen LogP contribution in [0.3, 0.4) is 0 Å². The lowest BCUT2D eigenvalue weighted by molar-refractivity contribution is -0.116. The van der Waals surface area contributed by atoms with Gasteiger partial charge in [-0.2, -0.15) is 3.21 Å². The minimum Gasteiger partial charge on any atom is -0.493 e. The quantitative estimate of drug-likeness (QED) is 0.318. The summed E-state index contributed by atoms with van der Waals surface area (Å²) < 4.78 is 16.9. The molecule has 0 fully saturated rings. The van der Waals surface area contributed by atoms with E-state index in [9.17, 15) is 4.79 Å². The maximum atomic E-state index is 11.4. The third-order valence-electron chi connectivity index (χ3n) is 4.44. The van der Waals surface area contributed by atoms with Crippen LogP contribution in [0.4, 0.5) is 11.4 Å². The summed E-state index contributed by atoms with van der Waals surface area (Å²) in [5.74, 6) is 2.95. The molecule has 0 spiro atoms. The van der Waals surface area contributed by atoms with Crippen LogP contribution in [0.15, 0.2) is 32.5 Å². The number of nitrogens with zero attached hydrogens (tertiary/aromatic N) is 3. The lowest BCUT2D eigenvalue weighted by Gasteiger charge is -2.31. The number of hydrogen-bond acceptors (Lipinski definition) is 6. The van der Waals surface area contributed by atoms with Crippen molar-refractivity contribution in [3.05, 3.63) is 24.3 Å². The van der Waals surface area contributed by atoms with Crippen molar-refractivity contribution in [1.82, 2.24) is 5.32 Å². The highest BCUT2D eigenvalue weighted by Gasteiger charge is 2.33. The van der Waals surface area contributed by atoms with Crippen molar-refractivity contribution >= 4 is 53.6 Å². The van der Waals surface area contributed by atoms with E-state index in [4.69, 9.17) is 17.7 Å². The number of carbonyl (C=O) groups excluding carboxylic acids is 1. The third-order valence-corrected chi connectivity index (χ3v) is 6.32. The number of anilines is 2. The second-order valence-corrected chi connectivity index (χ2v) is 8.93. The molecule has 9 heteroatoms.